The minimum atomic E-state index is -1.20. The van der Waals surface area contributed by atoms with Crippen LogP contribution in [-0.2, 0) is 11.8 Å². The molecular formula is C18H22N4O4. The number of carbonyl (C=O) groups excluding carboxylic acids is 1. The number of hydrogen-bond acceptors (Lipinski definition) is 4. The molecule has 0 aliphatic carbocycles. The molecule has 1 saturated heterocycles. The third-order valence-corrected chi connectivity index (χ3v) is 4.68. The number of imidazole rings is 1. The molecule has 3 rings (SSSR count). The van der Waals surface area contributed by atoms with Gasteiger partial charge in [0, 0.05) is 31.4 Å². The van der Waals surface area contributed by atoms with Crippen molar-refractivity contribution in [3.63, 3.8) is 0 Å². The Hall–Kier alpha value is -2.87. The number of likely N-dealkylation sites (tertiary alicyclic amines) is 1. The number of benzene rings is 1. The number of aliphatic hydroxyl groups excluding tert-OH is 1. The second-order valence-electron chi connectivity index (χ2n) is 6.55. The highest BCUT2D eigenvalue weighted by molar-refractivity contribution is 5.86. The summed E-state index contributed by atoms with van der Waals surface area (Å²) in [5.41, 5.74) is 1.87. The van der Waals surface area contributed by atoms with Crippen LogP contribution >= 0.6 is 0 Å². The molecule has 0 radical (unpaired) electrons. The van der Waals surface area contributed by atoms with Gasteiger partial charge in [0.25, 0.3) is 0 Å². The molecule has 2 aromatic rings. The lowest BCUT2D eigenvalue weighted by molar-refractivity contribution is -0.125. The fraction of sp³-hybridized carbons (Fsp3) is 0.389. The van der Waals surface area contributed by atoms with E-state index in [0.717, 1.165) is 21.9 Å². The van der Waals surface area contributed by atoms with Gasteiger partial charge >= 0.3 is 6.09 Å². The van der Waals surface area contributed by atoms with Gasteiger partial charge in [-0.3, -0.25) is 9.69 Å². The van der Waals surface area contributed by atoms with Crippen molar-refractivity contribution in [1.29, 1.82) is 0 Å². The number of nitrogens with one attached hydrogen (secondary N) is 1. The van der Waals surface area contributed by atoms with Gasteiger partial charge in [0.05, 0.1) is 18.7 Å². The highest BCUT2D eigenvalue weighted by Gasteiger charge is 2.39. The van der Waals surface area contributed by atoms with Gasteiger partial charge < -0.3 is 20.1 Å². The molecule has 2 amide bonds. The van der Waals surface area contributed by atoms with E-state index in [0.29, 0.717) is 0 Å². The summed E-state index contributed by atoms with van der Waals surface area (Å²) in [6, 6.07) is 6.54. The topological polar surface area (TPSA) is 108 Å². The van der Waals surface area contributed by atoms with Crippen LogP contribution in [0.5, 0.6) is 0 Å². The lowest BCUT2D eigenvalue weighted by Crippen LogP contribution is -2.46. The fourth-order valence-electron chi connectivity index (χ4n) is 3.23. The Morgan fingerprint density at radius 1 is 1.31 bits per heavy atom. The molecule has 138 valence electrons. The third kappa shape index (κ3) is 3.55. The van der Waals surface area contributed by atoms with Crippen molar-refractivity contribution in [1.82, 2.24) is 19.8 Å². The predicted octanol–water partition coefficient (Wildman–Crippen LogP) is 1.38. The van der Waals surface area contributed by atoms with Gasteiger partial charge in [-0.1, -0.05) is 24.3 Å². The van der Waals surface area contributed by atoms with Crippen LogP contribution in [0.25, 0.3) is 11.4 Å². The van der Waals surface area contributed by atoms with Gasteiger partial charge in [0.15, 0.2) is 0 Å². The lowest BCUT2D eigenvalue weighted by atomic mass is 10.0. The monoisotopic (exact) mass is 358 g/mol. The molecular weight excluding hydrogens is 336 g/mol. The van der Waals surface area contributed by atoms with Gasteiger partial charge in [0.1, 0.15) is 11.9 Å². The molecule has 0 unspecified atom stereocenters. The maximum absolute atomic E-state index is 12.4. The van der Waals surface area contributed by atoms with Crippen LogP contribution in [-0.4, -0.2) is 55.4 Å². The van der Waals surface area contributed by atoms with E-state index in [1.165, 1.54) is 0 Å². The zero-order chi connectivity index (χ0) is 18.8. The van der Waals surface area contributed by atoms with Crippen LogP contribution in [0.4, 0.5) is 4.79 Å². The number of carbonyl (C=O) groups is 2. The molecule has 8 heteroatoms. The summed E-state index contributed by atoms with van der Waals surface area (Å²) in [5.74, 6) is 0.454. The largest absolute Gasteiger partial charge is 0.465 e. The Morgan fingerprint density at radius 2 is 2.00 bits per heavy atom. The van der Waals surface area contributed by atoms with Crippen molar-refractivity contribution >= 4 is 12.0 Å². The minimum absolute atomic E-state index is 0.0415. The van der Waals surface area contributed by atoms with Crippen LogP contribution in [0, 0.1) is 0 Å². The first kappa shape index (κ1) is 17.9. The van der Waals surface area contributed by atoms with Crippen LogP contribution in [0.2, 0.25) is 0 Å². The van der Waals surface area contributed by atoms with Gasteiger partial charge in [-0.05, 0) is 12.5 Å². The molecule has 2 heterocycles. The first-order chi connectivity index (χ1) is 12.4. The molecule has 1 aromatic carbocycles. The molecule has 3 atom stereocenters. The van der Waals surface area contributed by atoms with Crippen molar-refractivity contribution in [3.8, 4) is 11.4 Å². The molecule has 3 N–H and O–H groups in total. The second kappa shape index (κ2) is 7.17. The summed E-state index contributed by atoms with van der Waals surface area (Å²) in [6.45, 7) is 1.80. The number of amides is 2. The summed E-state index contributed by atoms with van der Waals surface area (Å²) in [5, 5.41) is 21.7. The summed E-state index contributed by atoms with van der Waals surface area (Å²) >= 11 is 0. The number of aliphatic hydroxyl groups is 1. The van der Waals surface area contributed by atoms with Crippen molar-refractivity contribution in [2.75, 3.05) is 6.54 Å². The summed E-state index contributed by atoms with van der Waals surface area (Å²) in [6.07, 6.45) is 1.71. The standard InChI is InChI=1S/C18H22N4O4/c1-11(20-17(24)15-9-14(23)10-22(15)18(25)26)12-3-5-13(6-4-12)16-19-7-8-21(16)2/h3-8,11,14-15,23H,9-10H2,1-2H3,(H,20,24)(H,25,26)/t11-,14+,15-/m0/s1. The Morgan fingerprint density at radius 3 is 2.58 bits per heavy atom. The zero-order valence-corrected chi connectivity index (χ0v) is 14.7. The Kier molecular flexibility index (Phi) is 4.94. The summed E-state index contributed by atoms with van der Waals surface area (Å²) in [7, 11) is 1.92. The van der Waals surface area contributed by atoms with E-state index in [-0.39, 0.29) is 19.0 Å². The lowest BCUT2D eigenvalue weighted by Gasteiger charge is -2.23. The number of carboxylic acid groups (broad SMARTS) is 1. The number of hydrogen-bond donors (Lipinski definition) is 3. The van der Waals surface area contributed by atoms with Gasteiger partial charge in [-0.25, -0.2) is 9.78 Å². The van der Waals surface area contributed by atoms with E-state index < -0.39 is 24.1 Å². The maximum Gasteiger partial charge on any atom is 0.408 e. The predicted molar refractivity (Wildman–Crippen MR) is 94.3 cm³/mol. The maximum atomic E-state index is 12.4. The van der Waals surface area contributed by atoms with Crippen LogP contribution in [0.3, 0.4) is 0 Å². The van der Waals surface area contributed by atoms with Crippen molar-refractivity contribution < 1.29 is 19.8 Å². The highest BCUT2D eigenvalue weighted by atomic mass is 16.4. The molecule has 1 aliphatic rings. The third-order valence-electron chi connectivity index (χ3n) is 4.68. The van der Waals surface area contributed by atoms with Crippen LogP contribution < -0.4 is 5.32 Å². The second-order valence-corrected chi connectivity index (χ2v) is 6.55. The molecule has 8 nitrogen and oxygen atoms in total. The van der Waals surface area contributed by atoms with Crippen molar-refractivity contribution in [3.05, 3.63) is 42.2 Å². The van der Waals surface area contributed by atoms with Crippen LogP contribution in [0.1, 0.15) is 24.9 Å². The van der Waals surface area contributed by atoms with Crippen molar-refractivity contribution in [2.24, 2.45) is 7.05 Å². The Balaban J connectivity index is 1.68. The molecule has 0 bridgehead atoms. The Labute approximate surface area is 151 Å². The fourth-order valence-corrected chi connectivity index (χ4v) is 3.23. The minimum Gasteiger partial charge on any atom is -0.465 e. The number of aryl methyl sites for hydroxylation is 1. The van der Waals surface area contributed by atoms with Gasteiger partial charge in [-0.2, -0.15) is 0 Å². The average molecular weight is 358 g/mol. The quantitative estimate of drug-likeness (QED) is 0.765. The molecule has 1 aromatic heterocycles. The summed E-state index contributed by atoms with van der Waals surface area (Å²) < 4.78 is 1.92. The Bertz CT molecular complexity index is 802. The van der Waals surface area contributed by atoms with E-state index in [1.807, 2.05) is 49.0 Å². The van der Waals surface area contributed by atoms with E-state index in [2.05, 4.69) is 10.3 Å². The smallest absolute Gasteiger partial charge is 0.408 e. The van der Waals surface area contributed by atoms with Crippen molar-refractivity contribution in [2.45, 2.75) is 31.5 Å². The van der Waals surface area contributed by atoms with E-state index in [9.17, 15) is 19.8 Å². The van der Waals surface area contributed by atoms with Crippen LogP contribution in [0.15, 0.2) is 36.7 Å². The number of nitrogens with zero attached hydrogens (tertiary/aromatic N) is 3. The van der Waals surface area contributed by atoms with E-state index in [1.54, 1.807) is 6.20 Å². The number of β-amino-alcohol motifs (C(OH)–C–C–N with tert-alkyl or cyclic N) is 1. The molecule has 0 spiro atoms. The first-order valence-corrected chi connectivity index (χ1v) is 8.42. The highest BCUT2D eigenvalue weighted by Crippen LogP contribution is 2.22. The molecule has 0 saturated carbocycles. The number of rotatable bonds is 4. The average Bonchev–Trinajstić information content (AvgIpc) is 3.20. The normalized spacial score (nSPS) is 20.8. The van der Waals surface area contributed by atoms with E-state index in [4.69, 9.17) is 0 Å². The van der Waals surface area contributed by atoms with Gasteiger partial charge in [-0.15, -0.1) is 0 Å². The SMILES string of the molecule is C[C@H](NC(=O)[C@@H]1C[C@@H](O)CN1C(=O)O)c1ccc(-c2nccn2C)cc1. The molecule has 1 fully saturated rings. The molecule has 1 aliphatic heterocycles. The molecule has 26 heavy (non-hydrogen) atoms. The summed E-state index contributed by atoms with van der Waals surface area (Å²) in [4.78, 5) is 29.0. The van der Waals surface area contributed by atoms with E-state index >= 15 is 0 Å². The zero-order valence-electron chi connectivity index (χ0n) is 14.7. The number of aromatic nitrogens is 2. The van der Waals surface area contributed by atoms with Gasteiger partial charge in [0.2, 0.25) is 5.91 Å². The first-order valence-electron chi connectivity index (χ1n) is 8.42.